The summed E-state index contributed by atoms with van der Waals surface area (Å²) in [6, 6.07) is -0.670. The number of aliphatic hydroxyl groups is 3. The number of urea groups is 1. The maximum atomic E-state index is 11.5. The Morgan fingerprint density at radius 2 is 2.06 bits per heavy atom. The average molecular weight is 246 g/mol. The van der Waals surface area contributed by atoms with Crippen molar-refractivity contribution in [3.8, 4) is 0 Å². The van der Waals surface area contributed by atoms with Crippen molar-refractivity contribution in [1.29, 1.82) is 0 Å². The van der Waals surface area contributed by atoms with Gasteiger partial charge >= 0.3 is 6.03 Å². The van der Waals surface area contributed by atoms with E-state index in [0.29, 0.717) is 0 Å². The Labute approximate surface area is 96.8 Å². The van der Waals surface area contributed by atoms with E-state index in [0.717, 1.165) is 4.90 Å². The van der Waals surface area contributed by atoms with Crippen molar-refractivity contribution >= 4 is 11.9 Å². The summed E-state index contributed by atoms with van der Waals surface area (Å²) in [6.07, 6.45) is -4.42. The Hall–Kier alpha value is -1.22. The van der Waals surface area contributed by atoms with Crippen LogP contribution in [-0.4, -0.2) is 69.8 Å². The zero-order valence-corrected chi connectivity index (χ0v) is 8.94. The van der Waals surface area contributed by atoms with Crippen LogP contribution in [-0.2, 0) is 9.53 Å². The molecule has 2 aliphatic rings. The maximum absolute atomic E-state index is 11.5. The van der Waals surface area contributed by atoms with Gasteiger partial charge in [-0.2, -0.15) is 0 Å². The Kier molecular flexibility index (Phi) is 3.29. The highest BCUT2D eigenvalue weighted by Crippen LogP contribution is 2.25. The summed E-state index contributed by atoms with van der Waals surface area (Å²) in [5.41, 5.74) is 0. The van der Waals surface area contributed by atoms with Gasteiger partial charge in [0.2, 0.25) is 5.91 Å². The molecule has 2 saturated heterocycles. The molecule has 0 aromatic heterocycles. The molecule has 2 aliphatic heterocycles. The SMILES string of the molecule is O=C1CCN([C@@H]2O[C@H](CO)[C@H](O)[C@H]2O)C(=O)N1. The lowest BCUT2D eigenvalue weighted by molar-refractivity contribution is -0.125. The monoisotopic (exact) mass is 246 g/mol. The number of nitrogens with one attached hydrogen (secondary N) is 1. The first-order valence-electron chi connectivity index (χ1n) is 5.27. The number of rotatable bonds is 2. The zero-order valence-electron chi connectivity index (χ0n) is 8.94. The number of carbonyl (C=O) groups is 2. The number of hydrogen-bond donors (Lipinski definition) is 4. The Bertz CT molecular complexity index is 335. The summed E-state index contributed by atoms with van der Waals surface area (Å²) in [4.78, 5) is 23.6. The van der Waals surface area contributed by atoms with E-state index in [-0.39, 0.29) is 13.0 Å². The standard InChI is InChI=1S/C9H14N2O6/c12-3-4-6(14)7(15)8(17-4)11-2-1-5(13)10-9(11)16/h4,6-8,12,14-15H,1-3H2,(H,10,13,16)/t4-,6+,7-,8-/m1/s1. The quantitative estimate of drug-likeness (QED) is 0.423. The fourth-order valence-electron chi connectivity index (χ4n) is 1.96. The molecule has 0 bridgehead atoms. The maximum Gasteiger partial charge on any atom is 0.326 e. The molecule has 0 saturated carbocycles. The van der Waals surface area contributed by atoms with Crippen molar-refractivity contribution in [2.24, 2.45) is 0 Å². The highest BCUT2D eigenvalue weighted by atomic mass is 16.6. The van der Waals surface area contributed by atoms with Crippen molar-refractivity contribution < 1.29 is 29.6 Å². The first-order valence-corrected chi connectivity index (χ1v) is 5.27. The van der Waals surface area contributed by atoms with Crippen LogP contribution in [0.5, 0.6) is 0 Å². The van der Waals surface area contributed by atoms with Gasteiger partial charge in [-0.15, -0.1) is 0 Å². The third kappa shape index (κ3) is 2.12. The molecular formula is C9H14N2O6. The van der Waals surface area contributed by atoms with E-state index in [1.807, 2.05) is 0 Å². The molecule has 4 N–H and O–H groups in total. The van der Waals surface area contributed by atoms with Crippen LogP contribution in [0.4, 0.5) is 4.79 Å². The van der Waals surface area contributed by atoms with Crippen LogP contribution in [0.1, 0.15) is 6.42 Å². The van der Waals surface area contributed by atoms with Crippen LogP contribution in [0, 0.1) is 0 Å². The minimum Gasteiger partial charge on any atom is -0.394 e. The van der Waals surface area contributed by atoms with Crippen LogP contribution < -0.4 is 5.32 Å². The largest absolute Gasteiger partial charge is 0.394 e. The first-order chi connectivity index (χ1) is 8.04. The molecule has 0 aromatic rings. The Morgan fingerprint density at radius 3 is 2.59 bits per heavy atom. The van der Waals surface area contributed by atoms with Crippen molar-refractivity contribution in [2.75, 3.05) is 13.2 Å². The number of ether oxygens (including phenoxy) is 1. The zero-order chi connectivity index (χ0) is 12.6. The number of imide groups is 1. The Balaban J connectivity index is 2.08. The van der Waals surface area contributed by atoms with E-state index in [1.54, 1.807) is 0 Å². The van der Waals surface area contributed by atoms with Crippen molar-refractivity contribution in [2.45, 2.75) is 31.0 Å². The van der Waals surface area contributed by atoms with Crippen LogP contribution >= 0.6 is 0 Å². The second-order valence-corrected chi connectivity index (χ2v) is 4.03. The first kappa shape index (κ1) is 12.2. The molecule has 96 valence electrons. The minimum atomic E-state index is -1.30. The smallest absolute Gasteiger partial charge is 0.326 e. The minimum absolute atomic E-state index is 0.108. The summed E-state index contributed by atoms with van der Waals surface area (Å²) < 4.78 is 5.18. The molecule has 4 atom stereocenters. The molecule has 3 amide bonds. The van der Waals surface area contributed by atoms with Gasteiger partial charge < -0.3 is 20.1 Å². The third-order valence-corrected chi connectivity index (χ3v) is 2.91. The van der Waals surface area contributed by atoms with Crippen LogP contribution in [0.3, 0.4) is 0 Å². The number of amides is 3. The van der Waals surface area contributed by atoms with Gasteiger partial charge in [-0.05, 0) is 0 Å². The number of aliphatic hydroxyl groups excluding tert-OH is 3. The van der Waals surface area contributed by atoms with Gasteiger partial charge in [0.05, 0.1) is 6.61 Å². The van der Waals surface area contributed by atoms with Crippen molar-refractivity contribution in [3.05, 3.63) is 0 Å². The Morgan fingerprint density at radius 1 is 1.35 bits per heavy atom. The van der Waals surface area contributed by atoms with Crippen LogP contribution in [0.15, 0.2) is 0 Å². The van der Waals surface area contributed by atoms with Gasteiger partial charge in [0.1, 0.15) is 18.3 Å². The average Bonchev–Trinajstić information content (AvgIpc) is 2.57. The van der Waals surface area contributed by atoms with Gasteiger partial charge in [-0.1, -0.05) is 0 Å². The van der Waals surface area contributed by atoms with E-state index in [1.165, 1.54) is 0 Å². The van der Waals surface area contributed by atoms with E-state index in [4.69, 9.17) is 9.84 Å². The molecule has 0 aliphatic carbocycles. The summed E-state index contributed by atoms with van der Waals surface area (Å²) >= 11 is 0. The summed E-state index contributed by atoms with van der Waals surface area (Å²) in [7, 11) is 0. The van der Waals surface area contributed by atoms with Gasteiger partial charge in [-0.25, -0.2) is 4.79 Å². The van der Waals surface area contributed by atoms with E-state index < -0.39 is 43.1 Å². The highest BCUT2D eigenvalue weighted by molar-refractivity contribution is 5.96. The third-order valence-electron chi connectivity index (χ3n) is 2.91. The molecule has 8 heteroatoms. The summed E-state index contributed by atoms with van der Waals surface area (Å²) in [5.74, 6) is -0.391. The lowest BCUT2D eigenvalue weighted by atomic mass is 10.1. The van der Waals surface area contributed by atoms with Crippen LogP contribution in [0.2, 0.25) is 0 Å². The predicted octanol–water partition coefficient (Wildman–Crippen LogP) is -2.63. The van der Waals surface area contributed by atoms with Crippen molar-refractivity contribution in [1.82, 2.24) is 10.2 Å². The molecule has 0 radical (unpaired) electrons. The second-order valence-electron chi connectivity index (χ2n) is 4.03. The second kappa shape index (κ2) is 4.57. The predicted molar refractivity (Wildman–Crippen MR) is 52.6 cm³/mol. The van der Waals surface area contributed by atoms with Crippen LogP contribution in [0.25, 0.3) is 0 Å². The fraction of sp³-hybridized carbons (Fsp3) is 0.778. The van der Waals surface area contributed by atoms with Gasteiger partial charge in [0.25, 0.3) is 0 Å². The molecule has 0 spiro atoms. The topological polar surface area (TPSA) is 119 Å². The van der Waals surface area contributed by atoms with Gasteiger partial charge in [0, 0.05) is 13.0 Å². The normalized spacial score (nSPS) is 38.4. The lowest BCUT2D eigenvalue weighted by Gasteiger charge is -2.32. The van der Waals surface area contributed by atoms with E-state index in [9.17, 15) is 19.8 Å². The summed E-state index contributed by atoms with van der Waals surface area (Å²) in [6.45, 7) is -0.347. The van der Waals surface area contributed by atoms with E-state index in [2.05, 4.69) is 5.32 Å². The number of carbonyl (C=O) groups excluding carboxylic acids is 2. The highest BCUT2D eigenvalue weighted by Gasteiger charge is 2.47. The molecule has 0 unspecified atom stereocenters. The molecule has 0 aromatic carbocycles. The summed E-state index contributed by atoms with van der Waals surface area (Å²) in [5, 5.41) is 30.2. The molecule has 2 rings (SSSR count). The molecule has 17 heavy (non-hydrogen) atoms. The molecular weight excluding hydrogens is 232 g/mol. The molecule has 2 heterocycles. The van der Waals surface area contributed by atoms with Gasteiger partial charge in [-0.3, -0.25) is 15.0 Å². The van der Waals surface area contributed by atoms with Gasteiger partial charge in [0.15, 0.2) is 6.23 Å². The molecule has 8 nitrogen and oxygen atoms in total. The van der Waals surface area contributed by atoms with Crippen molar-refractivity contribution in [3.63, 3.8) is 0 Å². The number of nitrogens with zero attached hydrogens (tertiary/aromatic N) is 1. The number of hydrogen-bond acceptors (Lipinski definition) is 6. The lowest BCUT2D eigenvalue weighted by Crippen LogP contribution is -2.56. The molecule has 2 fully saturated rings. The van der Waals surface area contributed by atoms with E-state index >= 15 is 0 Å². The fourth-order valence-corrected chi connectivity index (χ4v) is 1.96.